The maximum atomic E-state index is 13.7. The number of nitrogens with zero attached hydrogens (tertiary/aromatic N) is 2. The molecule has 1 aromatic heterocycles. The monoisotopic (exact) mass is 394 g/mol. The van der Waals surface area contributed by atoms with E-state index in [0.717, 1.165) is 32.1 Å². The molecule has 154 valence electrons. The van der Waals surface area contributed by atoms with Gasteiger partial charge in [-0.25, -0.2) is 4.39 Å². The van der Waals surface area contributed by atoms with E-state index in [9.17, 15) is 4.39 Å². The summed E-state index contributed by atoms with van der Waals surface area (Å²) in [5.41, 5.74) is 2.62. The Morgan fingerprint density at radius 2 is 1.93 bits per heavy atom. The number of ether oxygens (including phenoxy) is 1. The molecule has 1 aliphatic carbocycles. The van der Waals surface area contributed by atoms with Crippen molar-refractivity contribution in [3.05, 3.63) is 59.2 Å². The normalized spacial score (nSPS) is 18.9. The molecule has 1 fully saturated rings. The lowest BCUT2D eigenvalue weighted by atomic mass is 9.80. The minimum Gasteiger partial charge on any atom is -0.493 e. The first-order valence-corrected chi connectivity index (χ1v) is 11.0. The Bertz CT molecular complexity index is 805. The molecule has 29 heavy (non-hydrogen) atoms. The number of hydrogen-bond acceptors (Lipinski definition) is 3. The number of rotatable bonds is 9. The van der Waals surface area contributed by atoms with Crippen molar-refractivity contribution in [2.75, 3.05) is 6.61 Å². The zero-order valence-electron chi connectivity index (χ0n) is 17.4. The second-order valence-electron chi connectivity index (χ2n) is 8.18. The van der Waals surface area contributed by atoms with Crippen LogP contribution in [0.5, 0.6) is 5.75 Å². The Balaban J connectivity index is 1.42. The highest BCUT2D eigenvalue weighted by molar-refractivity contribution is 5.36. The van der Waals surface area contributed by atoms with Gasteiger partial charge in [-0.2, -0.15) is 5.26 Å². The quantitative estimate of drug-likeness (QED) is 0.452. The van der Waals surface area contributed by atoms with Crippen molar-refractivity contribution in [3.63, 3.8) is 0 Å². The van der Waals surface area contributed by atoms with Gasteiger partial charge in [0, 0.05) is 23.9 Å². The summed E-state index contributed by atoms with van der Waals surface area (Å²) in [5, 5.41) is 8.80. The third-order valence-electron chi connectivity index (χ3n) is 5.98. The van der Waals surface area contributed by atoms with Crippen molar-refractivity contribution in [3.8, 4) is 11.8 Å². The number of hydrogen-bond donors (Lipinski definition) is 0. The number of unbranched alkanes of at least 4 members (excludes halogenated alkanes) is 3. The van der Waals surface area contributed by atoms with Gasteiger partial charge in [0.05, 0.1) is 12.2 Å². The van der Waals surface area contributed by atoms with Crippen LogP contribution in [0.3, 0.4) is 0 Å². The van der Waals surface area contributed by atoms with Crippen LogP contribution in [0.25, 0.3) is 0 Å². The highest BCUT2D eigenvalue weighted by atomic mass is 19.1. The SMILES string of the molecule is CCCCCCc1ccc(C2CCC(COc3ccc(C#N)c(F)c3)CC2)nc1. The van der Waals surface area contributed by atoms with Gasteiger partial charge in [0.2, 0.25) is 0 Å². The smallest absolute Gasteiger partial charge is 0.144 e. The summed E-state index contributed by atoms with van der Waals surface area (Å²) in [7, 11) is 0. The van der Waals surface area contributed by atoms with E-state index in [0.29, 0.717) is 24.2 Å². The molecule has 4 heteroatoms. The fourth-order valence-corrected chi connectivity index (χ4v) is 4.10. The number of halogens is 1. The summed E-state index contributed by atoms with van der Waals surface area (Å²) in [6.07, 6.45) is 12.8. The van der Waals surface area contributed by atoms with E-state index in [2.05, 4.69) is 25.3 Å². The largest absolute Gasteiger partial charge is 0.493 e. The van der Waals surface area contributed by atoms with Crippen molar-refractivity contribution in [1.82, 2.24) is 4.98 Å². The summed E-state index contributed by atoms with van der Waals surface area (Å²) >= 11 is 0. The first kappa shape index (κ1) is 21.3. The molecule has 3 rings (SSSR count). The van der Waals surface area contributed by atoms with E-state index in [4.69, 9.17) is 15.0 Å². The third kappa shape index (κ3) is 6.29. The average molecular weight is 395 g/mol. The molecule has 0 bridgehead atoms. The molecule has 1 saturated carbocycles. The van der Waals surface area contributed by atoms with Crippen LogP contribution in [0, 0.1) is 23.1 Å². The standard InChI is InChI=1S/C25H31FN2O/c1-2-3-4-5-6-19-9-14-25(28-17-19)21-10-7-20(8-11-21)18-29-23-13-12-22(16-27)24(26)15-23/h9,12-15,17,20-21H,2-8,10-11,18H2,1H3. The van der Waals surface area contributed by atoms with Gasteiger partial charge in [0.25, 0.3) is 0 Å². The molecule has 0 N–H and O–H groups in total. The molecule has 3 nitrogen and oxygen atoms in total. The van der Waals surface area contributed by atoms with Gasteiger partial charge in [0.15, 0.2) is 0 Å². The number of aromatic nitrogens is 1. The van der Waals surface area contributed by atoms with Crippen LogP contribution in [0.2, 0.25) is 0 Å². The van der Waals surface area contributed by atoms with Crippen molar-refractivity contribution in [2.24, 2.45) is 5.92 Å². The summed E-state index contributed by atoms with van der Waals surface area (Å²) in [4.78, 5) is 4.75. The van der Waals surface area contributed by atoms with Gasteiger partial charge in [-0.05, 0) is 68.2 Å². The lowest BCUT2D eigenvalue weighted by Crippen LogP contribution is -2.19. The van der Waals surface area contributed by atoms with Crippen molar-refractivity contribution in [1.29, 1.82) is 5.26 Å². The lowest BCUT2D eigenvalue weighted by Gasteiger charge is -2.28. The highest BCUT2D eigenvalue weighted by Crippen LogP contribution is 2.35. The van der Waals surface area contributed by atoms with Crippen LogP contribution < -0.4 is 4.74 Å². The van der Waals surface area contributed by atoms with Gasteiger partial charge in [-0.15, -0.1) is 0 Å². The van der Waals surface area contributed by atoms with E-state index in [1.807, 2.05) is 6.07 Å². The van der Waals surface area contributed by atoms with Crippen LogP contribution in [0.4, 0.5) is 4.39 Å². The molecule has 2 aromatic rings. The maximum absolute atomic E-state index is 13.7. The van der Waals surface area contributed by atoms with E-state index in [1.54, 1.807) is 6.07 Å². The van der Waals surface area contributed by atoms with Crippen molar-refractivity contribution >= 4 is 0 Å². The van der Waals surface area contributed by atoms with Crippen LogP contribution >= 0.6 is 0 Å². The van der Waals surface area contributed by atoms with Gasteiger partial charge in [0.1, 0.15) is 17.6 Å². The van der Waals surface area contributed by atoms with E-state index in [1.165, 1.54) is 49.1 Å². The number of aryl methyl sites for hydroxylation is 1. The van der Waals surface area contributed by atoms with Gasteiger partial charge >= 0.3 is 0 Å². The second-order valence-corrected chi connectivity index (χ2v) is 8.18. The number of benzene rings is 1. The molecule has 1 aliphatic rings. The molecular formula is C25H31FN2O. The Hall–Kier alpha value is -2.41. The molecular weight excluding hydrogens is 363 g/mol. The third-order valence-corrected chi connectivity index (χ3v) is 5.98. The molecule has 0 amide bonds. The summed E-state index contributed by atoms with van der Waals surface area (Å²) in [5.74, 6) is 1.00. The minimum absolute atomic E-state index is 0.0531. The van der Waals surface area contributed by atoms with Gasteiger partial charge in [-0.1, -0.05) is 32.3 Å². The average Bonchev–Trinajstić information content (AvgIpc) is 2.76. The molecule has 0 unspecified atom stereocenters. The molecule has 0 radical (unpaired) electrons. The summed E-state index contributed by atoms with van der Waals surface area (Å²) in [6.45, 7) is 2.84. The van der Waals surface area contributed by atoms with Gasteiger partial charge in [-0.3, -0.25) is 4.98 Å². The molecule has 1 heterocycles. The van der Waals surface area contributed by atoms with Crippen LogP contribution in [-0.2, 0) is 6.42 Å². The Labute approximate surface area is 173 Å². The topological polar surface area (TPSA) is 45.9 Å². The zero-order valence-corrected chi connectivity index (χ0v) is 17.4. The molecule has 0 spiro atoms. The van der Waals surface area contributed by atoms with Crippen LogP contribution in [0.1, 0.15) is 81.0 Å². The molecule has 0 saturated heterocycles. The van der Waals surface area contributed by atoms with E-state index in [-0.39, 0.29) is 5.56 Å². The molecule has 1 aromatic carbocycles. The fourth-order valence-electron chi connectivity index (χ4n) is 4.10. The molecule has 0 aliphatic heterocycles. The predicted octanol–water partition coefficient (Wildman–Crippen LogP) is 6.57. The Kier molecular flexibility index (Phi) is 8.04. The lowest BCUT2D eigenvalue weighted by molar-refractivity contribution is 0.198. The predicted molar refractivity (Wildman–Crippen MR) is 113 cm³/mol. The summed E-state index contributed by atoms with van der Waals surface area (Å²) in [6, 6.07) is 10.7. The zero-order chi connectivity index (χ0) is 20.5. The first-order chi connectivity index (χ1) is 14.2. The minimum atomic E-state index is -0.520. The Morgan fingerprint density at radius 3 is 2.59 bits per heavy atom. The fraction of sp³-hybridized carbons (Fsp3) is 0.520. The number of pyridine rings is 1. The first-order valence-electron chi connectivity index (χ1n) is 11.0. The maximum Gasteiger partial charge on any atom is 0.144 e. The molecule has 0 atom stereocenters. The van der Waals surface area contributed by atoms with Crippen LogP contribution in [0.15, 0.2) is 36.5 Å². The van der Waals surface area contributed by atoms with E-state index >= 15 is 0 Å². The number of nitriles is 1. The van der Waals surface area contributed by atoms with E-state index < -0.39 is 5.82 Å². The second kappa shape index (κ2) is 11.0. The van der Waals surface area contributed by atoms with Gasteiger partial charge < -0.3 is 4.74 Å². The Morgan fingerprint density at radius 1 is 1.10 bits per heavy atom. The summed E-state index contributed by atoms with van der Waals surface area (Å²) < 4.78 is 19.4. The van der Waals surface area contributed by atoms with Crippen molar-refractivity contribution in [2.45, 2.75) is 70.6 Å². The van der Waals surface area contributed by atoms with Crippen LogP contribution in [-0.4, -0.2) is 11.6 Å². The van der Waals surface area contributed by atoms with Crippen molar-refractivity contribution < 1.29 is 9.13 Å². The highest BCUT2D eigenvalue weighted by Gasteiger charge is 2.23.